The van der Waals surface area contributed by atoms with Gasteiger partial charge in [0.15, 0.2) is 17.3 Å². The van der Waals surface area contributed by atoms with Gasteiger partial charge in [0.25, 0.3) is 11.8 Å². The second kappa shape index (κ2) is 9.13. The number of rotatable bonds is 6. The zero-order chi connectivity index (χ0) is 22.7. The van der Waals surface area contributed by atoms with Crippen molar-refractivity contribution in [3.8, 4) is 11.5 Å². The highest BCUT2D eigenvalue weighted by Gasteiger charge is 2.27. The van der Waals surface area contributed by atoms with Gasteiger partial charge in [-0.3, -0.25) is 14.6 Å². The van der Waals surface area contributed by atoms with Crippen LogP contribution in [-0.2, 0) is 19.5 Å². The van der Waals surface area contributed by atoms with Gasteiger partial charge in [0, 0.05) is 31.5 Å². The molecule has 8 heteroatoms. The highest BCUT2D eigenvalue weighted by molar-refractivity contribution is 5.98. The van der Waals surface area contributed by atoms with Crippen LogP contribution in [0.3, 0.4) is 0 Å². The van der Waals surface area contributed by atoms with Crippen LogP contribution in [0.15, 0.2) is 47.2 Å². The number of methoxy groups -OCH3 is 2. The molecule has 0 saturated carbocycles. The van der Waals surface area contributed by atoms with E-state index < -0.39 is 0 Å². The van der Waals surface area contributed by atoms with Gasteiger partial charge in [0.2, 0.25) is 0 Å². The average molecular weight is 435 g/mol. The van der Waals surface area contributed by atoms with Gasteiger partial charge in [-0.1, -0.05) is 6.07 Å². The molecule has 0 saturated heterocycles. The van der Waals surface area contributed by atoms with E-state index in [-0.39, 0.29) is 17.6 Å². The number of fused-ring (bicyclic) bond motifs is 1. The Kier molecular flexibility index (Phi) is 6.11. The van der Waals surface area contributed by atoms with Crippen LogP contribution in [0.5, 0.6) is 11.5 Å². The van der Waals surface area contributed by atoms with E-state index in [0.717, 1.165) is 22.4 Å². The average Bonchev–Trinajstić information content (AvgIpc) is 3.37. The molecule has 1 aromatic carbocycles. The Hall–Kier alpha value is -3.81. The molecule has 2 amide bonds. The predicted molar refractivity (Wildman–Crippen MR) is 117 cm³/mol. The fraction of sp³-hybridized carbons (Fsp3) is 0.292. The van der Waals surface area contributed by atoms with Gasteiger partial charge in [0.1, 0.15) is 0 Å². The second-order valence-electron chi connectivity index (χ2n) is 7.50. The quantitative estimate of drug-likeness (QED) is 0.639. The van der Waals surface area contributed by atoms with Crippen molar-refractivity contribution in [3.05, 3.63) is 76.5 Å². The van der Waals surface area contributed by atoms with Crippen LogP contribution >= 0.6 is 0 Å². The molecule has 1 N–H and O–H groups in total. The van der Waals surface area contributed by atoms with E-state index in [4.69, 9.17) is 13.9 Å². The maximum atomic E-state index is 13.3. The van der Waals surface area contributed by atoms with Gasteiger partial charge in [0.05, 0.1) is 26.0 Å². The number of aryl methyl sites for hydroxylation is 1. The molecule has 3 heterocycles. The standard InChI is InChI=1S/C24H25N3O5/c1-15-19(13-26-23(28)21-8-5-11-32-21)17-9-10-27(14-16(17)12-25-15)24(29)18-6-4-7-20(30-2)22(18)31-3/h4-8,11-12H,9-10,13-14H2,1-3H3,(H,26,28). The maximum Gasteiger partial charge on any atom is 0.287 e. The number of benzene rings is 1. The molecule has 0 aliphatic carbocycles. The molecule has 32 heavy (non-hydrogen) atoms. The van der Waals surface area contributed by atoms with E-state index in [1.165, 1.54) is 13.4 Å². The lowest BCUT2D eigenvalue weighted by atomic mass is 9.94. The highest BCUT2D eigenvalue weighted by atomic mass is 16.5. The van der Waals surface area contributed by atoms with Crippen molar-refractivity contribution in [2.75, 3.05) is 20.8 Å². The number of carbonyl (C=O) groups is 2. The van der Waals surface area contributed by atoms with E-state index in [2.05, 4.69) is 10.3 Å². The van der Waals surface area contributed by atoms with Crippen molar-refractivity contribution in [1.82, 2.24) is 15.2 Å². The lowest BCUT2D eigenvalue weighted by molar-refractivity contribution is 0.0730. The van der Waals surface area contributed by atoms with Crippen molar-refractivity contribution in [3.63, 3.8) is 0 Å². The first-order valence-corrected chi connectivity index (χ1v) is 10.3. The summed E-state index contributed by atoms with van der Waals surface area (Å²) in [6.07, 6.45) is 3.95. The number of ether oxygens (including phenoxy) is 2. The Morgan fingerprint density at radius 3 is 2.75 bits per heavy atom. The van der Waals surface area contributed by atoms with Crippen molar-refractivity contribution in [2.24, 2.45) is 0 Å². The largest absolute Gasteiger partial charge is 0.493 e. The summed E-state index contributed by atoms with van der Waals surface area (Å²) in [7, 11) is 3.07. The fourth-order valence-electron chi connectivity index (χ4n) is 4.02. The normalized spacial score (nSPS) is 12.8. The highest BCUT2D eigenvalue weighted by Crippen LogP contribution is 2.33. The van der Waals surface area contributed by atoms with Crippen LogP contribution in [0.1, 0.15) is 43.3 Å². The molecule has 3 aromatic rings. The first kappa shape index (κ1) is 21.4. The second-order valence-corrected chi connectivity index (χ2v) is 7.50. The van der Waals surface area contributed by atoms with E-state index in [0.29, 0.717) is 43.1 Å². The van der Waals surface area contributed by atoms with Crippen LogP contribution < -0.4 is 14.8 Å². The Morgan fingerprint density at radius 1 is 1.19 bits per heavy atom. The first-order valence-electron chi connectivity index (χ1n) is 10.3. The predicted octanol–water partition coefficient (Wildman–Crippen LogP) is 3.13. The van der Waals surface area contributed by atoms with E-state index in [1.807, 2.05) is 13.1 Å². The third-order valence-electron chi connectivity index (χ3n) is 5.69. The van der Waals surface area contributed by atoms with Gasteiger partial charge in [-0.25, -0.2) is 0 Å². The molecule has 1 aliphatic heterocycles. The smallest absolute Gasteiger partial charge is 0.287 e. The van der Waals surface area contributed by atoms with Gasteiger partial charge in [-0.05, 0) is 54.3 Å². The monoisotopic (exact) mass is 435 g/mol. The number of hydrogen-bond acceptors (Lipinski definition) is 6. The number of carbonyl (C=O) groups excluding carboxylic acids is 2. The summed E-state index contributed by atoms with van der Waals surface area (Å²) in [6.45, 7) is 3.25. The van der Waals surface area contributed by atoms with Gasteiger partial charge in [-0.15, -0.1) is 0 Å². The lowest BCUT2D eigenvalue weighted by Gasteiger charge is -2.31. The van der Waals surface area contributed by atoms with Crippen molar-refractivity contribution in [2.45, 2.75) is 26.4 Å². The van der Waals surface area contributed by atoms with E-state index >= 15 is 0 Å². The van der Waals surface area contributed by atoms with Gasteiger partial charge >= 0.3 is 0 Å². The number of para-hydroxylation sites is 1. The summed E-state index contributed by atoms with van der Waals surface area (Å²) in [5.74, 6) is 0.811. The number of furan rings is 1. The summed E-state index contributed by atoms with van der Waals surface area (Å²) >= 11 is 0. The topological polar surface area (TPSA) is 93.9 Å². The molecular formula is C24H25N3O5. The maximum absolute atomic E-state index is 13.3. The minimum atomic E-state index is -0.273. The molecule has 0 radical (unpaired) electrons. The number of aromatic nitrogens is 1. The third kappa shape index (κ3) is 4.03. The summed E-state index contributed by atoms with van der Waals surface area (Å²) in [6, 6.07) is 8.57. The minimum absolute atomic E-state index is 0.125. The van der Waals surface area contributed by atoms with Crippen molar-refractivity contribution >= 4 is 11.8 Å². The molecule has 0 unspecified atom stereocenters. The molecule has 2 aromatic heterocycles. The number of pyridine rings is 1. The van der Waals surface area contributed by atoms with Crippen LogP contribution in [0.25, 0.3) is 0 Å². The van der Waals surface area contributed by atoms with Crippen LogP contribution in [-0.4, -0.2) is 42.5 Å². The van der Waals surface area contributed by atoms with Gasteiger partial charge in [-0.2, -0.15) is 0 Å². The molecule has 8 nitrogen and oxygen atoms in total. The zero-order valence-corrected chi connectivity index (χ0v) is 18.3. The Labute approximate surface area is 186 Å². The van der Waals surface area contributed by atoms with Crippen molar-refractivity contribution in [1.29, 1.82) is 0 Å². The van der Waals surface area contributed by atoms with Gasteiger partial charge < -0.3 is 24.1 Å². The summed E-state index contributed by atoms with van der Waals surface area (Å²) in [5, 5.41) is 2.90. The lowest BCUT2D eigenvalue weighted by Crippen LogP contribution is -2.37. The number of amides is 2. The zero-order valence-electron chi connectivity index (χ0n) is 18.3. The summed E-state index contributed by atoms with van der Waals surface area (Å²) in [4.78, 5) is 31.8. The number of hydrogen-bond donors (Lipinski definition) is 1. The van der Waals surface area contributed by atoms with Crippen molar-refractivity contribution < 1.29 is 23.5 Å². The fourth-order valence-corrected chi connectivity index (χ4v) is 4.02. The van der Waals surface area contributed by atoms with E-state index in [9.17, 15) is 9.59 Å². The van der Waals surface area contributed by atoms with E-state index in [1.54, 1.807) is 42.3 Å². The molecular weight excluding hydrogens is 410 g/mol. The summed E-state index contributed by atoms with van der Waals surface area (Å²) < 4.78 is 15.9. The Balaban J connectivity index is 1.54. The van der Waals surface area contributed by atoms with Crippen LogP contribution in [0.4, 0.5) is 0 Å². The Morgan fingerprint density at radius 2 is 2.03 bits per heavy atom. The molecule has 0 fully saturated rings. The molecule has 0 atom stereocenters. The summed E-state index contributed by atoms with van der Waals surface area (Å²) in [5.41, 5.74) is 4.39. The Bertz CT molecular complexity index is 1140. The number of nitrogens with one attached hydrogen (secondary N) is 1. The molecule has 166 valence electrons. The number of nitrogens with zero attached hydrogens (tertiary/aromatic N) is 2. The van der Waals surface area contributed by atoms with Crippen LogP contribution in [0.2, 0.25) is 0 Å². The molecule has 4 rings (SSSR count). The van der Waals surface area contributed by atoms with Crippen LogP contribution in [0, 0.1) is 6.92 Å². The minimum Gasteiger partial charge on any atom is -0.493 e. The molecule has 1 aliphatic rings. The molecule has 0 bridgehead atoms. The SMILES string of the molecule is COc1cccc(C(=O)N2CCc3c(cnc(C)c3CNC(=O)c3ccco3)C2)c1OC. The third-order valence-corrected chi connectivity index (χ3v) is 5.69. The molecule has 0 spiro atoms. The first-order chi connectivity index (χ1) is 15.5.